The standard InChI is InChI=1S/C10H15IN2O3/c1-7(2)5-15-3-4-16-10-8(11)9(14)12-6-13-10/h6-7H,3-5H2,1-2H3,(H,12,13,14). The fourth-order valence-corrected chi connectivity index (χ4v) is 1.43. The van der Waals surface area contributed by atoms with Crippen molar-refractivity contribution in [2.75, 3.05) is 19.8 Å². The van der Waals surface area contributed by atoms with Gasteiger partial charge in [0.15, 0.2) is 0 Å². The summed E-state index contributed by atoms with van der Waals surface area (Å²) in [5.41, 5.74) is -0.186. The van der Waals surface area contributed by atoms with Gasteiger partial charge in [-0.3, -0.25) is 4.79 Å². The highest BCUT2D eigenvalue weighted by molar-refractivity contribution is 14.1. The van der Waals surface area contributed by atoms with E-state index in [4.69, 9.17) is 9.47 Å². The number of aromatic amines is 1. The summed E-state index contributed by atoms with van der Waals surface area (Å²) in [6.07, 6.45) is 1.33. The Labute approximate surface area is 108 Å². The molecule has 0 aliphatic carbocycles. The molecule has 1 rings (SSSR count). The van der Waals surface area contributed by atoms with E-state index in [0.29, 0.717) is 35.2 Å². The number of hydrogen-bond donors (Lipinski definition) is 1. The quantitative estimate of drug-likeness (QED) is 0.630. The molecular weight excluding hydrogens is 323 g/mol. The molecule has 0 aliphatic rings. The molecule has 0 atom stereocenters. The number of hydrogen-bond acceptors (Lipinski definition) is 4. The SMILES string of the molecule is CC(C)COCCOc1nc[nH]c(=O)c1I. The summed E-state index contributed by atoms with van der Waals surface area (Å²) in [6, 6.07) is 0. The lowest BCUT2D eigenvalue weighted by molar-refractivity contribution is 0.0802. The Hall–Kier alpha value is -0.630. The van der Waals surface area contributed by atoms with Gasteiger partial charge in [0, 0.05) is 6.61 Å². The van der Waals surface area contributed by atoms with Gasteiger partial charge in [0.1, 0.15) is 10.2 Å². The highest BCUT2D eigenvalue weighted by Crippen LogP contribution is 2.11. The molecule has 0 fully saturated rings. The van der Waals surface area contributed by atoms with Crippen molar-refractivity contribution in [1.82, 2.24) is 9.97 Å². The van der Waals surface area contributed by atoms with Crippen LogP contribution in [0, 0.1) is 9.49 Å². The van der Waals surface area contributed by atoms with Crippen molar-refractivity contribution in [2.45, 2.75) is 13.8 Å². The largest absolute Gasteiger partial charge is 0.474 e. The second-order valence-corrected chi connectivity index (χ2v) is 4.75. The van der Waals surface area contributed by atoms with Gasteiger partial charge in [-0.05, 0) is 28.5 Å². The second kappa shape index (κ2) is 6.85. The number of nitrogens with zero attached hydrogens (tertiary/aromatic N) is 1. The molecule has 1 N–H and O–H groups in total. The number of halogens is 1. The third kappa shape index (κ3) is 4.48. The Balaban J connectivity index is 2.32. The zero-order chi connectivity index (χ0) is 12.0. The molecule has 0 amide bonds. The van der Waals surface area contributed by atoms with Crippen LogP contribution in [0.15, 0.2) is 11.1 Å². The van der Waals surface area contributed by atoms with Gasteiger partial charge in [-0.25, -0.2) is 4.98 Å². The average molecular weight is 338 g/mol. The first-order valence-electron chi connectivity index (χ1n) is 5.05. The first kappa shape index (κ1) is 13.4. The normalized spacial score (nSPS) is 10.8. The van der Waals surface area contributed by atoms with Gasteiger partial charge in [0.2, 0.25) is 5.88 Å². The Morgan fingerprint density at radius 2 is 2.25 bits per heavy atom. The molecule has 0 bridgehead atoms. The van der Waals surface area contributed by atoms with E-state index in [1.165, 1.54) is 6.33 Å². The van der Waals surface area contributed by atoms with Gasteiger partial charge in [-0.2, -0.15) is 0 Å². The van der Waals surface area contributed by atoms with E-state index in [2.05, 4.69) is 23.8 Å². The highest BCUT2D eigenvalue weighted by Gasteiger charge is 2.05. The lowest BCUT2D eigenvalue weighted by Gasteiger charge is -2.08. The summed E-state index contributed by atoms with van der Waals surface area (Å²) < 4.78 is 11.1. The Morgan fingerprint density at radius 1 is 1.50 bits per heavy atom. The number of aromatic nitrogens is 2. The van der Waals surface area contributed by atoms with Crippen molar-refractivity contribution in [3.63, 3.8) is 0 Å². The van der Waals surface area contributed by atoms with Gasteiger partial charge in [-0.1, -0.05) is 13.8 Å². The van der Waals surface area contributed by atoms with Crippen molar-refractivity contribution in [3.05, 3.63) is 20.3 Å². The molecule has 1 heterocycles. The van der Waals surface area contributed by atoms with Crippen molar-refractivity contribution < 1.29 is 9.47 Å². The third-order valence-corrected chi connectivity index (χ3v) is 2.63. The minimum Gasteiger partial charge on any atom is -0.474 e. The van der Waals surface area contributed by atoms with E-state index < -0.39 is 0 Å². The number of ether oxygens (including phenoxy) is 2. The van der Waals surface area contributed by atoms with Crippen molar-refractivity contribution >= 4 is 22.6 Å². The van der Waals surface area contributed by atoms with Crippen LogP contribution in [0.1, 0.15) is 13.8 Å². The first-order valence-corrected chi connectivity index (χ1v) is 6.13. The fraction of sp³-hybridized carbons (Fsp3) is 0.600. The van der Waals surface area contributed by atoms with Crippen molar-refractivity contribution in [3.8, 4) is 5.88 Å². The maximum atomic E-state index is 11.2. The average Bonchev–Trinajstić information content (AvgIpc) is 2.23. The molecule has 1 aromatic heterocycles. The predicted octanol–water partition coefficient (Wildman–Crippen LogP) is 1.43. The Bertz CT molecular complexity index is 379. The molecule has 1 aromatic rings. The first-order chi connectivity index (χ1) is 7.61. The molecular formula is C10H15IN2O3. The lowest BCUT2D eigenvalue weighted by atomic mass is 10.2. The molecule has 0 radical (unpaired) electrons. The lowest BCUT2D eigenvalue weighted by Crippen LogP contribution is -2.15. The van der Waals surface area contributed by atoms with Crippen LogP contribution in [0.4, 0.5) is 0 Å². The molecule has 0 spiro atoms. The highest BCUT2D eigenvalue weighted by atomic mass is 127. The molecule has 0 unspecified atom stereocenters. The summed E-state index contributed by atoms with van der Waals surface area (Å²) in [4.78, 5) is 17.6. The topological polar surface area (TPSA) is 64.2 Å². The van der Waals surface area contributed by atoms with Crippen LogP contribution in [-0.2, 0) is 4.74 Å². The zero-order valence-electron chi connectivity index (χ0n) is 9.33. The van der Waals surface area contributed by atoms with E-state index in [-0.39, 0.29) is 5.56 Å². The molecule has 90 valence electrons. The molecule has 0 saturated heterocycles. The van der Waals surface area contributed by atoms with Crippen molar-refractivity contribution in [2.24, 2.45) is 5.92 Å². The van der Waals surface area contributed by atoms with Gasteiger partial charge in [0.25, 0.3) is 5.56 Å². The van der Waals surface area contributed by atoms with Gasteiger partial charge < -0.3 is 14.5 Å². The van der Waals surface area contributed by atoms with Crippen LogP contribution in [0.5, 0.6) is 5.88 Å². The van der Waals surface area contributed by atoms with E-state index in [0.717, 1.165) is 0 Å². The maximum Gasteiger partial charge on any atom is 0.268 e. The second-order valence-electron chi connectivity index (χ2n) is 3.67. The summed E-state index contributed by atoms with van der Waals surface area (Å²) in [5, 5.41) is 0. The minimum atomic E-state index is -0.186. The third-order valence-electron chi connectivity index (χ3n) is 1.68. The van der Waals surface area contributed by atoms with Gasteiger partial charge in [0.05, 0.1) is 12.9 Å². The monoisotopic (exact) mass is 338 g/mol. The zero-order valence-corrected chi connectivity index (χ0v) is 11.5. The van der Waals surface area contributed by atoms with Crippen LogP contribution >= 0.6 is 22.6 Å². The Morgan fingerprint density at radius 3 is 2.94 bits per heavy atom. The molecule has 0 aliphatic heterocycles. The smallest absolute Gasteiger partial charge is 0.268 e. The summed E-state index contributed by atoms with van der Waals surface area (Å²) in [5.74, 6) is 0.871. The number of nitrogens with one attached hydrogen (secondary N) is 1. The van der Waals surface area contributed by atoms with Crippen LogP contribution in [0.25, 0.3) is 0 Å². The molecule has 5 nitrogen and oxygen atoms in total. The number of rotatable bonds is 6. The number of H-pyrrole nitrogens is 1. The Kier molecular flexibility index (Phi) is 5.75. The van der Waals surface area contributed by atoms with Crippen LogP contribution < -0.4 is 10.3 Å². The minimum absolute atomic E-state index is 0.186. The van der Waals surface area contributed by atoms with E-state index in [9.17, 15) is 4.79 Å². The molecule has 6 heteroatoms. The van der Waals surface area contributed by atoms with Gasteiger partial charge in [-0.15, -0.1) is 0 Å². The van der Waals surface area contributed by atoms with Crippen molar-refractivity contribution in [1.29, 1.82) is 0 Å². The molecule has 16 heavy (non-hydrogen) atoms. The van der Waals surface area contributed by atoms with Crippen LogP contribution in [0.2, 0.25) is 0 Å². The summed E-state index contributed by atoms with van der Waals surface area (Å²) in [7, 11) is 0. The van der Waals surface area contributed by atoms with E-state index in [1.807, 2.05) is 22.6 Å². The molecule has 0 aromatic carbocycles. The summed E-state index contributed by atoms with van der Waals surface area (Å²) >= 11 is 1.90. The fourth-order valence-electron chi connectivity index (χ4n) is 0.984. The predicted molar refractivity (Wildman–Crippen MR) is 68.7 cm³/mol. The van der Waals surface area contributed by atoms with Crippen LogP contribution in [-0.4, -0.2) is 29.8 Å². The molecule has 0 saturated carbocycles. The van der Waals surface area contributed by atoms with Crippen LogP contribution in [0.3, 0.4) is 0 Å². The van der Waals surface area contributed by atoms with Gasteiger partial charge >= 0.3 is 0 Å². The maximum absolute atomic E-state index is 11.2. The van der Waals surface area contributed by atoms with E-state index >= 15 is 0 Å². The van der Waals surface area contributed by atoms with E-state index in [1.54, 1.807) is 0 Å². The summed E-state index contributed by atoms with van der Waals surface area (Å²) in [6.45, 7) is 5.79.